The maximum atomic E-state index is 12.9. The molecular weight excluding hydrogens is 408 g/mol. The lowest BCUT2D eigenvalue weighted by molar-refractivity contribution is 0.0793. The summed E-state index contributed by atoms with van der Waals surface area (Å²) in [6.45, 7) is 3.61. The van der Waals surface area contributed by atoms with Gasteiger partial charge in [0.05, 0.1) is 24.3 Å². The van der Waals surface area contributed by atoms with E-state index >= 15 is 0 Å². The van der Waals surface area contributed by atoms with E-state index < -0.39 is 5.60 Å². The molecular formula is C24H30N4O4. The van der Waals surface area contributed by atoms with Crippen LogP contribution in [-0.4, -0.2) is 44.6 Å². The third-order valence-electron chi connectivity index (χ3n) is 6.18. The van der Waals surface area contributed by atoms with Gasteiger partial charge in [-0.3, -0.25) is 9.48 Å². The van der Waals surface area contributed by atoms with E-state index in [4.69, 9.17) is 9.84 Å². The van der Waals surface area contributed by atoms with E-state index in [2.05, 4.69) is 10.3 Å². The van der Waals surface area contributed by atoms with Gasteiger partial charge in [0.2, 0.25) is 5.88 Å². The SMILES string of the molecule is COc1cccc(C(=O)Nc2cc3cn([C@H]4CC[C@H](CO)CC4)nc3cc2C(C)(C)O)n1. The molecule has 1 aliphatic carbocycles. The number of nitrogens with zero attached hydrogens (tertiary/aromatic N) is 3. The Morgan fingerprint density at radius 1 is 1.25 bits per heavy atom. The topological polar surface area (TPSA) is 110 Å². The lowest BCUT2D eigenvalue weighted by atomic mass is 9.87. The van der Waals surface area contributed by atoms with Crippen molar-refractivity contribution in [1.82, 2.24) is 14.8 Å². The van der Waals surface area contributed by atoms with Crippen LogP contribution < -0.4 is 10.1 Å². The first-order valence-electron chi connectivity index (χ1n) is 11.0. The molecule has 3 aromatic rings. The zero-order chi connectivity index (χ0) is 22.9. The molecule has 0 radical (unpaired) electrons. The number of benzene rings is 1. The Morgan fingerprint density at radius 2 is 2.00 bits per heavy atom. The summed E-state index contributed by atoms with van der Waals surface area (Å²) in [5, 5.41) is 28.7. The molecule has 0 saturated heterocycles. The van der Waals surface area contributed by atoms with E-state index in [1.807, 2.05) is 23.0 Å². The number of anilines is 1. The molecule has 32 heavy (non-hydrogen) atoms. The van der Waals surface area contributed by atoms with E-state index in [1.165, 1.54) is 7.11 Å². The summed E-state index contributed by atoms with van der Waals surface area (Å²) in [7, 11) is 1.50. The Bertz CT molecular complexity index is 1110. The number of aliphatic hydroxyl groups is 2. The maximum Gasteiger partial charge on any atom is 0.274 e. The Labute approximate surface area is 187 Å². The molecule has 4 rings (SSSR count). The van der Waals surface area contributed by atoms with E-state index in [-0.39, 0.29) is 24.2 Å². The molecule has 0 unspecified atom stereocenters. The number of aliphatic hydroxyl groups excluding tert-OH is 1. The summed E-state index contributed by atoms with van der Waals surface area (Å²) in [5.41, 5.74) is 0.909. The number of pyridine rings is 1. The molecule has 1 aromatic carbocycles. The molecule has 0 aliphatic heterocycles. The van der Waals surface area contributed by atoms with Crippen molar-refractivity contribution in [3.05, 3.63) is 47.8 Å². The van der Waals surface area contributed by atoms with Gasteiger partial charge in [-0.15, -0.1) is 0 Å². The third-order valence-corrected chi connectivity index (χ3v) is 6.18. The highest BCUT2D eigenvalue weighted by Gasteiger charge is 2.26. The second-order valence-electron chi connectivity index (χ2n) is 9.00. The van der Waals surface area contributed by atoms with E-state index in [9.17, 15) is 15.0 Å². The van der Waals surface area contributed by atoms with Crippen molar-refractivity contribution in [2.24, 2.45) is 5.92 Å². The van der Waals surface area contributed by atoms with Crippen molar-refractivity contribution in [3.8, 4) is 5.88 Å². The van der Waals surface area contributed by atoms with Crippen LogP contribution in [0.3, 0.4) is 0 Å². The number of hydrogen-bond donors (Lipinski definition) is 3. The minimum atomic E-state index is -1.18. The van der Waals surface area contributed by atoms with Gasteiger partial charge in [-0.05, 0) is 63.6 Å². The second kappa shape index (κ2) is 8.88. The summed E-state index contributed by atoms with van der Waals surface area (Å²) >= 11 is 0. The summed E-state index contributed by atoms with van der Waals surface area (Å²) in [6.07, 6.45) is 5.92. The zero-order valence-electron chi connectivity index (χ0n) is 18.7. The lowest BCUT2D eigenvalue weighted by Crippen LogP contribution is -2.21. The van der Waals surface area contributed by atoms with Gasteiger partial charge in [0, 0.05) is 35.5 Å². The quantitative estimate of drug-likeness (QED) is 0.542. The Hall–Kier alpha value is -2.97. The van der Waals surface area contributed by atoms with Crippen molar-refractivity contribution in [2.75, 3.05) is 19.0 Å². The lowest BCUT2D eigenvalue weighted by Gasteiger charge is -2.27. The molecule has 0 spiro atoms. The highest BCUT2D eigenvalue weighted by Crippen LogP contribution is 2.35. The fourth-order valence-electron chi connectivity index (χ4n) is 4.32. The van der Waals surface area contributed by atoms with Gasteiger partial charge in [-0.1, -0.05) is 6.07 Å². The standard InChI is InChI=1S/C24H30N4O4/c1-24(2,31)18-12-20-16(13-28(27-20)17-9-7-15(14-29)8-10-17)11-21(18)26-23(30)19-5-4-6-22(25-19)32-3/h4-6,11-13,15,17,29,31H,7-10,14H2,1-3H3,(H,26,30)/t15-,17-. The molecule has 1 fully saturated rings. The molecule has 170 valence electrons. The van der Waals surface area contributed by atoms with Crippen molar-refractivity contribution in [2.45, 2.75) is 51.2 Å². The molecule has 2 heterocycles. The van der Waals surface area contributed by atoms with Crippen LogP contribution in [0.4, 0.5) is 5.69 Å². The Balaban J connectivity index is 1.65. The van der Waals surface area contributed by atoms with Crippen molar-refractivity contribution >= 4 is 22.5 Å². The van der Waals surface area contributed by atoms with Crippen LogP contribution in [0.25, 0.3) is 10.9 Å². The average Bonchev–Trinajstić information content (AvgIpc) is 3.21. The van der Waals surface area contributed by atoms with Crippen LogP contribution in [-0.2, 0) is 5.60 Å². The fourth-order valence-corrected chi connectivity index (χ4v) is 4.32. The first-order chi connectivity index (χ1) is 15.3. The number of carbonyl (C=O) groups excluding carboxylic acids is 1. The largest absolute Gasteiger partial charge is 0.481 e. The maximum absolute atomic E-state index is 12.9. The molecule has 0 atom stereocenters. The summed E-state index contributed by atoms with van der Waals surface area (Å²) in [5.74, 6) is 0.349. The number of hydrogen-bond acceptors (Lipinski definition) is 6. The molecule has 1 amide bonds. The smallest absolute Gasteiger partial charge is 0.274 e. The van der Waals surface area contributed by atoms with Gasteiger partial charge >= 0.3 is 0 Å². The van der Waals surface area contributed by atoms with Crippen molar-refractivity contribution < 1.29 is 19.7 Å². The van der Waals surface area contributed by atoms with Gasteiger partial charge < -0.3 is 20.3 Å². The number of amides is 1. The van der Waals surface area contributed by atoms with Gasteiger partial charge in [0.15, 0.2) is 0 Å². The molecule has 8 nitrogen and oxygen atoms in total. The van der Waals surface area contributed by atoms with E-state index in [1.54, 1.807) is 32.0 Å². The summed E-state index contributed by atoms with van der Waals surface area (Å²) in [6, 6.07) is 8.96. The van der Waals surface area contributed by atoms with Crippen LogP contribution in [0.5, 0.6) is 5.88 Å². The molecule has 1 saturated carbocycles. The minimum Gasteiger partial charge on any atom is -0.481 e. The predicted molar refractivity (Wildman–Crippen MR) is 122 cm³/mol. The first-order valence-corrected chi connectivity index (χ1v) is 11.0. The van der Waals surface area contributed by atoms with Crippen molar-refractivity contribution in [3.63, 3.8) is 0 Å². The second-order valence-corrected chi connectivity index (χ2v) is 9.00. The van der Waals surface area contributed by atoms with Crippen LogP contribution in [0.15, 0.2) is 36.5 Å². The van der Waals surface area contributed by atoms with Gasteiger partial charge in [0.25, 0.3) is 5.91 Å². The number of fused-ring (bicyclic) bond motifs is 1. The van der Waals surface area contributed by atoms with Crippen LogP contribution >= 0.6 is 0 Å². The number of rotatable bonds is 6. The fraction of sp³-hybridized carbons (Fsp3) is 0.458. The molecule has 3 N–H and O–H groups in total. The van der Waals surface area contributed by atoms with Crippen LogP contribution in [0, 0.1) is 5.92 Å². The average molecular weight is 439 g/mol. The minimum absolute atomic E-state index is 0.225. The zero-order valence-corrected chi connectivity index (χ0v) is 18.7. The molecule has 2 aromatic heterocycles. The number of methoxy groups -OCH3 is 1. The highest BCUT2D eigenvalue weighted by molar-refractivity contribution is 6.04. The highest BCUT2D eigenvalue weighted by atomic mass is 16.5. The van der Waals surface area contributed by atoms with Gasteiger partial charge in [-0.2, -0.15) is 5.10 Å². The first kappa shape index (κ1) is 22.2. The van der Waals surface area contributed by atoms with Crippen molar-refractivity contribution in [1.29, 1.82) is 0 Å². The van der Waals surface area contributed by atoms with Gasteiger partial charge in [0.1, 0.15) is 5.69 Å². The molecule has 8 heteroatoms. The number of aromatic nitrogens is 3. The predicted octanol–water partition coefficient (Wildman–Crippen LogP) is 3.64. The van der Waals surface area contributed by atoms with E-state index in [0.717, 1.165) is 36.6 Å². The molecule has 1 aliphatic rings. The monoisotopic (exact) mass is 438 g/mol. The Kier molecular flexibility index (Phi) is 6.17. The Morgan fingerprint density at radius 3 is 2.66 bits per heavy atom. The van der Waals surface area contributed by atoms with Crippen LogP contribution in [0.2, 0.25) is 0 Å². The van der Waals surface area contributed by atoms with E-state index in [0.29, 0.717) is 23.0 Å². The number of ether oxygens (including phenoxy) is 1. The third kappa shape index (κ3) is 4.61. The number of carbonyl (C=O) groups is 1. The van der Waals surface area contributed by atoms with Crippen LogP contribution in [0.1, 0.15) is 61.6 Å². The van der Waals surface area contributed by atoms with Gasteiger partial charge in [-0.25, -0.2) is 4.98 Å². The summed E-state index contributed by atoms with van der Waals surface area (Å²) in [4.78, 5) is 17.0. The summed E-state index contributed by atoms with van der Waals surface area (Å²) < 4.78 is 7.10. The number of nitrogens with one attached hydrogen (secondary N) is 1. The molecule has 0 bridgehead atoms. The normalized spacial score (nSPS) is 19.2.